The van der Waals surface area contributed by atoms with Crippen LogP contribution in [0.1, 0.15) is 29.2 Å². The van der Waals surface area contributed by atoms with Crippen molar-refractivity contribution in [2.75, 3.05) is 18.5 Å². The van der Waals surface area contributed by atoms with Gasteiger partial charge in [0.2, 0.25) is 5.91 Å². The quantitative estimate of drug-likeness (QED) is 0.334. The lowest BCUT2D eigenvalue weighted by Gasteiger charge is -2.15. The zero-order chi connectivity index (χ0) is 27.2. The number of para-hydroxylation sites is 1. The lowest BCUT2D eigenvalue weighted by Crippen LogP contribution is -2.36. The average Bonchev–Trinajstić information content (AvgIpc) is 3.14. The number of ether oxygens (including phenoxy) is 2. The summed E-state index contributed by atoms with van der Waals surface area (Å²) >= 11 is 0.779. The maximum absolute atomic E-state index is 13.1. The zero-order valence-electron chi connectivity index (χ0n) is 21.2. The number of thioether (sulfide) groups is 1. The van der Waals surface area contributed by atoms with Gasteiger partial charge in [0.05, 0.1) is 11.5 Å². The first-order valence-electron chi connectivity index (χ1n) is 12.0. The van der Waals surface area contributed by atoms with E-state index in [1.165, 1.54) is 12.1 Å². The average molecular weight is 535 g/mol. The van der Waals surface area contributed by atoms with Gasteiger partial charge in [-0.1, -0.05) is 36.4 Å². The third-order valence-electron chi connectivity index (χ3n) is 5.79. The monoisotopic (exact) mass is 534 g/mol. The second kappa shape index (κ2) is 12.0. The van der Waals surface area contributed by atoms with Crippen molar-refractivity contribution in [2.45, 2.75) is 27.4 Å². The number of hydrogen-bond acceptors (Lipinski definition) is 6. The Bertz CT molecular complexity index is 1380. The molecule has 0 bridgehead atoms. The zero-order valence-corrected chi connectivity index (χ0v) is 22.1. The van der Waals surface area contributed by atoms with E-state index in [9.17, 15) is 18.8 Å². The number of anilines is 1. The molecule has 1 aliphatic rings. The molecule has 3 amide bonds. The van der Waals surface area contributed by atoms with E-state index in [1.54, 1.807) is 36.4 Å². The number of nitrogens with zero attached hydrogens (tertiary/aromatic N) is 1. The van der Waals surface area contributed by atoms with Crippen LogP contribution in [0.3, 0.4) is 0 Å². The van der Waals surface area contributed by atoms with Crippen LogP contribution in [-0.2, 0) is 16.2 Å². The number of halogens is 1. The molecule has 0 radical (unpaired) electrons. The predicted octanol–water partition coefficient (Wildman–Crippen LogP) is 6.10. The van der Waals surface area contributed by atoms with E-state index in [4.69, 9.17) is 9.47 Å². The molecule has 1 saturated heterocycles. The van der Waals surface area contributed by atoms with Gasteiger partial charge >= 0.3 is 0 Å². The third-order valence-corrected chi connectivity index (χ3v) is 6.70. The number of amides is 3. The Labute approximate surface area is 224 Å². The normalized spacial score (nSPS) is 14.2. The van der Waals surface area contributed by atoms with Crippen molar-refractivity contribution in [1.82, 2.24) is 4.90 Å². The molecule has 0 unspecified atom stereocenters. The molecular weight excluding hydrogens is 507 g/mol. The Kier molecular flexibility index (Phi) is 8.48. The summed E-state index contributed by atoms with van der Waals surface area (Å²) in [7, 11) is 0. The summed E-state index contributed by atoms with van der Waals surface area (Å²) in [5.41, 5.74) is 3.89. The van der Waals surface area contributed by atoms with Gasteiger partial charge in [0.15, 0.2) is 11.5 Å². The molecule has 1 aliphatic heterocycles. The van der Waals surface area contributed by atoms with E-state index >= 15 is 0 Å². The number of benzene rings is 3. The minimum Gasteiger partial charge on any atom is -0.490 e. The van der Waals surface area contributed by atoms with Gasteiger partial charge in [-0.2, -0.15) is 0 Å². The standard InChI is InChI=1S/C29H27FN2O5S/c1-4-36-24-14-21(10-13-23(24)37-17-20-8-11-22(30)12-9-20)15-25-28(34)32(29(35)38-25)16-26(33)31-27-18(2)6-5-7-19(27)3/h5-15H,4,16-17H2,1-3H3,(H,31,33)/b25-15-. The molecule has 0 saturated carbocycles. The lowest BCUT2D eigenvalue weighted by atomic mass is 10.1. The molecule has 0 aliphatic carbocycles. The highest BCUT2D eigenvalue weighted by Gasteiger charge is 2.36. The molecule has 1 N–H and O–H groups in total. The number of nitrogens with one attached hydrogen (secondary N) is 1. The van der Waals surface area contributed by atoms with Crippen LogP contribution in [0.25, 0.3) is 6.08 Å². The van der Waals surface area contributed by atoms with E-state index in [1.807, 2.05) is 39.0 Å². The molecule has 0 aromatic heterocycles. The van der Waals surface area contributed by atoms with Crippen LogP contribution in [0, 0.1) is 19.7 Å². The van der Waals surface area contributed by atoms with Crippen molar-refractivity contribution in [3.05, 3.63) is 93.6 Å². The third kappa shape index (κ3) is 6.41. The predicted molar refractivity (Wildman–Crippen MR) is 146 cm³/mol. The van der Waals surface area contributed by atoms with Crippen LogP contribution in [0.5, 0.6) is 11.5 Å². The molecule has 1 heterocycles. The smallest absolute Gasteiger partial charge is 0.294 e. The molecule has 196 valence electrons. The molecule has 0 atom stereocenters. The fourth-order valence-corrected chi connectivity index (χ4v) is 4.70. The van der Waals surface area contributed by atoms with Gasteiger partial charge in [0.25, 0.3) is 11.1 Å². The summed E-state index contributed by atoms with van der Waals surface area (Å²) < 4.78 is 24.7. The highest BCUT2D eigenvalue weighted by Crippen LogP contribution is 2.35. The van der Waals surface area contributed by atoms with E-state index in [-0.39, 0.29) is 23.9 Å². The van der Waals surface area contributed by atoms with Gasteiger partial charge < -0.3 is 14.8 Å². The molecule has 1 fully saturated rings. The van der Waals surface area contributed by atoms with Gasteiger partial charge in [0.1, 0.15) is 19.0 Å². The Balaban J connectivity index is 1.45. The lowest BCUT2D eigenvalue weighted by molar-refractivity contribution is -0.127. The second-order valence-electron chi connectivity index (χ2n) is 8.64. The van der Waals surface area contributed by atoms with Gasteiger partial charge in [-0.3, -0.25) is 19.3 Å². The fraction of sp³-hybridized carbons (Fsp3) is 0.207. The molecule has 0 spiro atoms. The first-order chi connectivity index (χ1) is 18.2. The van der Waals surface area contributed by atoms with Gasteiger partial charge in [-0.15, -0.1) is 0 Å². The van der Waals surface area contributed by atoms with Crippen LogP contribution >= 0.6 is 11.8 Å². The Morgan fingerprint density at radius 3 is 2.39 bits per heavy atom. The topological polar surface area (TPSA) is 84.9 Å². The summed E-state index contributed by atoms with van der Waals surface area (Å²) in [5, 5.41) is 2.29. The van der Waals surface area contributed by atoms with Crippen molar-refractivity contribution in [1.29, 1.82) is 0 Å². The molecule has 7 nitrogen and oxygen atoms in total. The van der Waals surface area contributed by atoms with E-state index < -0.39 is 17.1 Å². The van der Waals surface area contributed by atoms with Crippen molar-refractivity contribution in [3.8, 4) is 11.5 Å². The van der Waals surface area contributed by atoms with Gasteiger partial charge in [-0.05, 0) is 85.1 Å². The summed E-state index contributed by atoms with van der Waals surface area (Å²) in [5.74, 6) is -0.349. The molecule has 3 aromatic rings. The van der Waals surface area contributed by atoms with Crippen LogP contribution in [0.4, 0.5) is 14.9 Å². The van der Waals surface area contributed by atoms with E-state index in [0.717, 1.165) is 33.4 Å². The van der Waals surface area contributed by atoms with Crippen LogP contribution in [0.15, 0.2) is 65.6 Å². The van der Waals surface area contributed by atoms with Gasteiger partial charge in [0, 0.05) is 5.69 Å². The minimum absolute atomic E-state index is 0.206. The number of imide groups is 1. The molecule has 38 heavy (non-hydrogen) atoms. The fourth-order valence-electron chi connectivity index (χ4n) is 3.87. The Hall–Kier alpha value is -4.11. The molecule has 4 rings (SSSR count). The van der Waals surface area contributed by atoms with Crippen molar-refractivity contribution >= 4 is 40.6 Å². The minimum atomic E-state index is -0.536. The van der Waals surface area contributed by atoms with Crippen LogP contribution < -0.4 is 14.8 Å². The highest BCUT2D eigenvalue weighted by atomic mass is 32.2. The van der Waals surface area contributed by atoms with Crippen molar-refractivity contribution in [2.24, 2.45) is 0 Å². The number of carbonyl (C=O) groups excluding carboxylic acids is 3. The second-order valence-corrected chi connectivity index (χ2v) is 9.63. The van der Waals surface area contributed by atoms with Gasteiger partial charge in [-0.25, -0.2) is 4.39 Å². The largest absolute Gasteiger partial charge is 0.490 e. The summed E-state index contributed by atoms with van der Waals surface area (Å²) in [6.45, 7) is 5.83. The maximum atomic E-state index is 13.1. The molecular formula is C29H27FN2O5S. The summed E-state index contributed by atoms with van der Waals surface area (Å²) in [6, 6.07) is 16.8. The van der Waals surface area contributed by atoms with Crippen molar-refractivity contribution in [3.63, 3.8) is 0 Å². The first kappa shape index (κ1) is 26.9. The summed E-state index contributed by atoms with van der Waals surface area (Å²) in [4.78, 5) is 39.3. The van der Waals surface area contributed by atoms with E-state index in [0.29, 0.717) is 29.4 Å². The molecule has 3 aromatic carbocycles. The molecule has 9 heteroatoms. The number of rotatable bonds is 9. The SMILES string of the molecule is CCOc1cc(/C=C2\SC(=O)N(CC(=O)Nc3c(C)cccc3C)C2=O)ccc1OCc1ccc(F)cc1. The first-order valence-corrected chi connectivity index (χ1v) is 12.8. The maximum Gasteiger partial charge on any atom is 0.294 e. The van der Waals surface area contributed by atoms with Crippen molar-refractivity contribution < 1.29 is 28.2 Å². The number of carbonyl (C=O) groups is 3. The van der Waals surface area contributed by atoms with Crippen LogP contribution in [0.2, 0.25) is 0 Å². The number of aryl methyl sites for hydroxylation is 2. The summed E-state index contributed by atoms with van der Waals surface area (Å²) in [6.07, 6.45) is 1.58. The Morgan fingerprint density at radius 1 is 1.00 bits per heavy atom. The van der Waals surface area contributed by atoms with Crippen LogP contribution in [-0.4, -0.2) is 35.1 Å². The number of hydrogen-bond donors (Lipinski definition) is 1. The highest BCUT2D eigenvalue weighted by molar-refractivity contribution is 8.18. The Morgan fingerprint density at radius 2 is 1.71 bits per heavy atom. The van der Waals surface area contributed by atoms with E-state index in [2.05, 4.69) is 5.32 Å².